The number of benzene rings is 2. The lowest BCUT2D eigenvalue weighted by Gasteiger charge is -2.13. The molecular weight excluding hydrogens is 470 g/mol. The Morgan fingerprint density at radius 2 is 1.76 bits per heavy atom. The van der Waals surface area contributed by atoms with Crippen molar-refractivity contribution < 1.29 is 13.6 Å². The molecule has 0 aliphatic carbocycles. The van der Waals surface area contributed by atoms with E-state index < -0.39 is 18.3 Å². The third kappa shape index (κ3) is 5.64. The molecule has 0 fully saturated rings. The van der Waals surface area contributed by atoms with Gasteiger partial charge in [-0.15, -0.1) is 0 Å². The van der Waals surface area contributed by atoms with Crippen LogP contribution in [0.3, 0.4) is 0 Å². The summed E-state index contributed by atoms with van der Waals surface area (Å²) in [6.07, 6.45) is -2.85. The number of aromatic amines is 2. The summed E-state index contributed by atoms with van der Waals surface area (Å²) < 4.78 is 27.1. The van der Waals surface area contributed by atoms with E-state index >= 15 is 0 Å². The van der Waals surface area contributed by atoms with E-state index in [0.29, 0.717) is 37.5 Å². The number of fused-ring (bicyclic) bond motifs is 1. The number of H-pyrrole nitrogens is 2. The number of hydrogen-bond acceptors (Lipinski definition) is 7. The Balaban J connectivity index is 1.45. The van der Waals surface area contributed by atoms with E-state index in [1.807, 2.05) is 0 Å². The van der Waals surface area contributed by atoms with Gasteiger partial charge in [-0.05, 0) is 42.5 Å². The number of hydrogen-bond donors (Lipinski definition) is 6. The molecule has 0 aliphatic rings. The smallest absolute Gasteiger partial charge is 0.337 e. The Hall–Kier alpha value is -3.97. The van der Waals surface area contributed by atoms with E-state index in [9.17, 15) is 13.6 Å². The van der Waals surface area contributed by atoms with Crippen LogP contribution in [0.1, 0.15) is 12.2 Å². The number of rotatable bonds is 6. The number of hydrazine groups is 1. The van der Waals surface area contributed by atoms with Gasteiger partial charge >= 0.3 is 6.03 Å². The summed E-state index contributed by atoms with van der Waals surface area (Å²) in [6, 6.07) is 14.5. The maximum Gasteiger partial charge on any atom is 0.337 e. The summed E-state index contributed by atoms with van der Waals surface area (Å²) in [6.45, 7) is 0. The van der Waals surface area contributed by atoms with Crippen molar-refractivity contribution in [2.75, 3.05) is 16.1 Å². The first kappa shape index (κ1) is 22.2. The Morgan fingerprint density at radius 3 is 2.55 bits per heavy atom. The average Bonchev–Trinajstić information content (AvgIpc) is 2.76. The summed E-state index contributed by atoms with van der Waals surface area (Å²) >= 11 is 10.2. The highest BCUT2D eigenvalue weighted by Gasteiger charge is 2.15. The maximum absolute atomic E-state index is 13.1. The van der Waals surface area contributed by atoms with Gasteiger partial charge in [0.25, 0.3) is 6.43 Å². The monoisotopic (exact) mass is 486 g/mol. The molecule has 4 rings (SSSR count). The highest BCUT2D eigenvalue weighted by molar-refractivity contribution is 7.72. The van der Waals surface area contributed by atoms with Crippen LogP contribution in [-0.2, 0) is 0 Å². The van der Waals surface area contributed by atoms with E-state index in [0.717, 1.165) is 0 Å². The number of anilines is 4. The molecule has 2 heterocycles. The molecule has 0 unspecified atom stereocenters. The first-order chi connectivity index (χ1) is 15.9. The number of amides is 2. The van der Waals surface area contributed by atoms with Crippen molar-refractivity contribution in [1.29, 1.82) is 0 Å². The summed E-state index contributed by atoms with van der Waals surface area (Å²) in [5, 5.41) is 6.23. The molecule has 0 saturated heterocycles. The molecule has 0 radical (unpaired) electrons. The number of para-hydroxylation sites is 1. The molecule has 168 valence electrons. The fourth-order valence-electron chi connectivity index (χ4n) is 2.93. The number of nitrogens with one attached hydrogen (secondary N) is 6. The van der Waals surface area contributed by atoms with Crippen molar-refractivity contribution in [2.45, 2.75) is 6.43 Å². The van der Waals surface area contributed by atoms with Crippen molar-refractivity contribution >= 4 is 64.4 Å². The number of halogens is 2. The lowest BCUT2D eigenvalue weighted by atomic mass is 10.2. The number of carbonyl (C=O) groups is 1. The van der Waals surface area contributed by atoms with Crippen LogP contribution in [0, 0.1) is 9.41 Å². The molecule has 2 amide bonds. The van der Waals surface area contributed by atoms with Gasteiger partial charge in [0.1, 0.15) is 10.5 Å². The van der Waals surface area contributed by atoms with Gasteiger partial charge in [0, 0.05) is 22.8 Å². The van der Waals surface area contributed by atoms with Crippen LogP contribution in [0.5, 0.6) is 0 Å². The van der Waals surface area contributed by atoms with Crippen molar-refractivity contribution in [2.24, 2.45) is 0 Å². The van der Waals surface area contributed by atoms with Crippen LogP contribution < -0.4 is 21.5 Å². The second kappa shape index (κ2) is 9.67. The largest absolute Gasteiger partial charge is 0.342 e. The molecule has 0 spiro atoms. The number of aromatic nitrogens is 4. The minimum absolute atomic E-state index is 0.0531. The zero-order valence-electron chi connectivity index (χ0n) is 16.6. The quantitative estimate of drug-likeness (QED) is 0.155. The first-order valence-corrected chi connectivity index (χ1v) is 10.3. The zero-order valence-corrected chi connectivity index (χ0v) is 18.3. The first-order valence-electron chi connectivity index (χ1n) is 9.46. The lowest BCUT2D eigenvalue weighted by molar-refractivity contribution is 0.141. The number of urea groups is 1. The molecule has 6 N–H and O–H groups in total. The minimum atomic E-state index is -2.85. The van der Waals surface area contributed by atoms with Crippen molar-refractivity contribution in [1.82, 2.24) is 25.4 Å². The van der Waals surface area contributed by atoms with Crippen LogP contribution in [-0.4, -0.2) is 26.0 Å². The molecular formula is C20H16F2N8OS2. The predicted molar refractivity (Wildman–Crippen MR) is 127 cm³/mol. The number of alkyl halides is 2. The third-order valence-corrected chi connectivity index (χ3v) is 4.69. The molecule has 33 heavy (non-hydrogen) atoms. The predicted octanol–water partition coefficient (Wildman–Crippen LogP) is 5.57. The van der Waals surface area contributed by atoms with Crippen LogP contribution in [0.25, 0.3) is 10.9 Å². The van der Waals surface area contributed by atoms with Crippen molar-refractivity contribution in [3.8, 4) is 0 Å². The number of carbonyl (C=O) groups excluding carboxylic acids is 1. The van der Waals surface area contributed by atoms with Gasteiger partial charge < -0.3 is 20.6 Å². The second-order valence-electron chi connectivity index (χ2n) is 6.66. The maximum atomic E-state index is 13.1. The zero-order chi connectivity index (χ0) is 23.4. The molecule has 0 saturated carbocycles. The van der Waals surface area contributed by atoms with E-state index in [2.05, 4.69) is 41.4 Å². The summed E-state index contributed by atoms with van der Waals surface area (Å²) in [5.74, 6) is -0.00760. The number of nitrogens with zero attached hydrogens (tertiary/aromatic N) is 2. The fraction of sp³-hybridized carbons (Fsp3) is 0.0500. The molecule has 4 aromatic rings. The minimum Gasteiger partial charge on any atom is -0.342 e. The lowest BCUT2D eigenvalue weighted by Crippen LogP contribution is -2.34. The molecule has 0 bridgehead atoms. The van der Waals surface area contributed by atoms with Gasteiger partial charge in [-0.25, -0.2) is 23.5 Å². The highest BCUT2D eigenvalue weighted by Crippen LogP contribution is 2.24. The Morgan fingerprint density at radius 1 is 0.970 bits per heavy atom. The van der Waals surface area contributed by atoms with E-state index in [1.54, 1.807) is 54.6 Å². The van der Waals surface area contributed by atoms with Crippen LogP contribution in [0.15, 0.2) is 54.6 Å². The van der Waals surface area contributed by atoms with Crippen LogP contribution >= 0.6 is 24.4 Å². The summed E-state index contributed by atoms with van der Waals surface area (Å²) in [7, 11) is 0. The Labute approximate surface area is 195 Å². The molecule has 0 atom stereocenters. The van der Waals surface area contributed by atoms with E-state index in [4.69, 9.17) is 24.4 Å². The van der Waals surface area contributed by atoms with Gasteiger partial charge in [-0.3, -0.25) is 10.9 Å². The Kier molecular flexibility index (Phi) is 6.51. The topological polar surface area (TPSA) is 123 Å². The average molecular weight is 487 g/mol. The van der Waals surface area contributed by atoms with E-state index in [-0.39, 0.29) is 5.82 Å². The highest BCUT2D eigenvalue weighted by atomic mass is 32.1. The third-order valence-electron chi connectivity index (χ3n) is 4.27. The molecule has 2 aromatic carbocycles. The molecule has 2 aromatic heterocycles. The van der Waals surface area contributed by atoms with Crippen LogP contribution in [0.4, 0.5) is 36.6 Å². The Bertz CT molecular complexity index is 1410. The second-order valence-corrected chi connectivity index (χ2v) is 7.51. The van der Waals surface area contributed by atoms with Crippen molar-refractivity contribution in [3.05, 3.63) is 69.8 Å². The van der Waals surface area contributed by atoms with Crippen LogP contribution in [0.2, 0.25) is 0 Å². The van der Waals surface area contributed by atoms with E-state index in [1.165, 1.54) is 0 Å². The van der Waals surface area contributed by atoms with Gasteiger partial charge in [0.05, 0.1) is 5.52 Å². The summed E-state index contributed by atoms with van der Waals surface area (Å²) in [5.41, 5.74) is 6.43. The van der Waals surface area contributed by atoms with Gasteiger partial charge in [0.2, 0.25) is 0 Å². The molecule has 13 heteroatoms. The SMILES string of the molecule is O=C(NNc1nc(C(F)F)nc2ccccc12)Nc1cccc(Nc2cc(=S)[nH]c(=S)[nH]2)c1. The van der Waals surface area contributed by atoms with Gasteiger partial charge in [-0.1, -0.05) is 30.4 Å². The molecule has 0 aliphatic heterocycles. The van der Waals surface area contributed by atoms with Gasteiger partial charge in [-0.2, -0.15) is 0 Å². The fourth-order valence-corrected chi connectivity index (χ4v) is 3.44. The van der Waals surface area contributed by atoms with Crippen molar-refractivity contribution in [3.63, 3.8) is 0 Å². The summed E-state index contributed by atoms with van der Waals surface area (Å²) in [4.78, 5) is 25.7. The standard InChI is InChI=1S/C20H16F2N8OS2/c21-16(22)18-25-13-7-2-1-6-12(13)17(28-18)29-30-19(31)24-11-5-3-4-10(8-11)23-14-9-15(32)27-20(33)26-14/h1-9,16H,(H2,24,30,31)(H,25,28,29)(H3,23,26,27,32,33). The molecule has 9 nitrogen and oxygen atoms in total. The normalized spacial score (nSPS) is 10.8. The van der Waals surface area contributed by atoms with Gasteiger partial charge in [0.15, 0.2) is 16.4 Å².